The van der Waals surface area contributed by atoms with Gasteiger partial charge in [-0.1, -0.05) is 50.2 Å². The first-order valence-electron chi connectivity index (χ1n) is 8.78. The van der Waals surface area contributed by atoms with Gasteiger partial charge in [0.15, 0.2) is 0 Å². The Morgan fingerprint density at radius 1 is 1.04 bits per heavy atom. The fourth-order valence-electron chi connectivity index (χ4n) is 2.77. The van der Waals surface area contributed by atoms with Gasteiger partial charge in [0.1, 0.15) is 10.7 Å². The maximum atomic E-state index is 12.4. The van der Waals surface area contributed by atoms with Crippen LogP contribution in [0.15, 0.2) is 70.8 Å². The summed E-state index contributed by atoms with van der Waals surface area (Å²) in [5.74, 6) is 0.477. The molecule has 0 atom stereocenters. The van der Waals surface area contributed by atoms with Gasteiger partial charge in [0, 0.05) is 19.3 Å². The van der Waals surface area contributed by atoms with Crippen LogP contribution in [-0.4, -0.2) is 37.0 Å². The number of hydrogen-bond acceptors (Lipinski definition) is 5. The lowest BCUT2D eigenvalue weighted by atomic mass is 10.1. The molecule has 2 aromatic carbocycles. The van der Waals surface area contributed by atoms with Crippen LogP contribution in [0.1, 0.15) is 19.4 Å². The van der Waals surface area contributed by atoms with E-state index < -0.39 is 10.0 Å². The van der Waals surface area contributed by atoms with Gasteiger partial charge < -0.3 is 0 Å². The van der Waals surface area contributed by atoms with Crippen molar-refractivity contribution in [3.63, 3.8) is 0 Å². The van der Waals surface area contributed by atoms with Crippen LogP contribution < -0.4 is 5.43 Å². The number of aromatic nitrogens is 1. The van der Waals surface area contributed by atoms with E-state index in [1.165, 1.54) is 22.0 Å². The molecule has 3 rings (SSSR count). The van der Waals surface area contributed by atoms with Crippen LogP contribution >= 0.6 is 0 Å². The fraction of sp³-hybridized carbons (Fsp3) is 0.200. The summed E-state index contributed by atoms with van der Waals surface area (Å²) in [7, 11) is -3.50. The van der Waals surface area contributed by atoms with E-state index in [0.717, 1.165) is 10.9 Å². The highest BCUT2D eigenvalue weighted by Crippen LogP contribution is 2.17. The molecule has 0 saturated carbocycles. The Morgan fingerprint density at radius 3 is 2.44 bits per heavy atom. The third kappa shape index (κ3) is 4.32. The van der Waals surface area contributed by atoms with Crippen LogP contribution in [-0.2, 0) is 10.0 Å². The molecular weight excluding hydrogens is 360 g/mol. The maximum Gasteiger partial charge on any atom is 0.244 e. The van der Waals surface area contributed by atoms with E-state index in [0.29, 0.717) is 18.9 Å². The van der Waals surface area contributed by atoms with Gasteiger partial charge in [-0.2, -0.15) is 9.41 Å². The first kappa shape index (κ1) is 19.0. The molecule has 1 N–H and O–H groups in total. The predicted octanol–water partition coefficient (Wildman–Crippen LogP) is 3.71. The summed E-state index contributed by atoms with van der Waals surface area (Å²) in [6.07, 6.45) is 3.05. The van der Waals surface area contributed by atoms with Crippen molar-refractivity contribution in [1.82, 2.24) is 9.29 Å². The van der Waals surface area contributed by atoms with Gasteiger partial charge in [0.05, 0.1) is 6.21 Å². The molecule has 0 amide bonds. The van der Waals surface area contributed by atoms with Crippen LogP contribution in [0.25, 0.3) is 10.8 Å². The highest BCUT2D eigenvalue weighted by Gasteiger charge is 2.21. The number of nitrogens with zero attached hydrogens (tertiary/aromatic N) is 3. The van der Waals surface area contributed by atoms with Crippen molar-refractivity contribution in [2.45, 2.75) is 18.7 Å². The molecule has 0 saturated heterocycles. The molecule has 0 aliphatic heterocycles. The summed E-state index contributed by atoms with van der Waals surface area (Å²) < 4.78 is 26.3. The van der Waals surface area contributed by atoms with Gasteiger partial charge in [-0.25, -0.2) is 13.4 Å². The second-order valence-electron chi connectivity index (χ2n) is 5.95. The maximum absolute atomic E-state index is 12.4. The molecule has 1 heterocycles. The van der Waals surface area contributed by atoms with E-state index >= 15 is 0 Å². The average molecular weight is 382 g/mol. The lowest BCUT2D eigenvalue weighted by Crippen LogP contribution is -2.30. The zero-order valence-corrected chi connectivity index (χ0v) is 16.1. The standard InChI is InChI=1S/C20H22N4O2S/c1-3-24(4-2)27(25,26)19-11-12-20(21-15-19)23-22-14-16-9-10-17-7-5-6-8-18(17)13-16/h5-15H,3-4H2,1-2H3,(H,21,23)/b22-14+. The summed E-state index contributed by atoms with van der Waals surface area (Å²) in [6, 6.07) is 17.3. The Kier molecular flexibility index (Phi) is 5.83. The van der Waals surface area contributed by atoms with Crippen LogP contribution in [0.4, 0.5) is 5.82 Å². The SMILES string of the molecule is CCN(CC)S(=O)(=O)c1ccc(N/N=C/c2ccc3ccccc3c2)nc1. The zero-order valence-electron chi connectivity index (χ0n) is 15.3. The van der Waals surface area contributed by atoms with Crippen LogP contribution in [0.3, 0.4) is 0 Å². The van der Waals surface area contributed by atoms with Gasteiger partial charge in [-0.15, -0.1) is 0 Å². The van der Waals surface area contributed by atoms with Crippen LogP contribution in [0.5, 0.6) is 0 Å². The van der Waals surface area contributed by atoms with Gasteiger partial charge in [-0.05, 0) is 34.5 Å². The first-order chi connectivity index (χ1) is 13.0. The number of rotatable bonds is 7. The van der Waals surface area contributed by atoms with Crippen molar-refractivity contribution in [2.24, 2.45) is 5.10 Å². The number of hydrazone groups is 1. The second kappa shape index (κ2) is 8.28. The molecule has 6 nitrogen and oxygen atoms in total. The summed E-state index contributed by atoms with van der Waals surface area (Å²) in [4.78, 5) is 4.32. The van der Waals surface area contributed by atoms with Gasteiger partial charge in [0.2, 0.25) is 10.0 Å². The number of anilines is 1. The molecule has 7 heteroatoms. The summed E-state index contributed by atoms with van der Waals surface area (Å²) in [5, 5.41) is 6.50. The van der Waals surface area contributed by atoms with E-state index in [4.69, 9.17) is 0 Å². The van der Waals surface area contributed by atoms with Crippen molar-refractivity contribution >= 4 is 32.8 Å². The van der Waals surface area contributed by atoms with E-state index in [-0.39, 0.29) is 4.90 Å². The minimum atomic E-state index is -3.50. The fourth-order valence-corrected chi connectivity index (χ4v) is 4.18. The molecule has 140 valence electrons. The van der Waals surface area contributed by atoms with E-state index in [1.54, 1.807) is 12.3 Å². The molecule has 0 aliphatic carbocycles. The van der Waals surface area contributed by atoms with Crippen LogP contribution in [0.2, 0.25) is 0 Å². The second-order valence-corrected chi connectivity index (χ2v) is 7.88. The lowest BCUT2D eigenvalue weighted by Gasteiger charge is -2.18. The summed E-state index contributed by atoms with van der Waals surface area (Å²) in [5.41, 5.74) is 3.79. The molecule has 0 unspecified atom stereocenters. The smallest absolute Gasteiger partial charge is 0.244 e. The summed E-state index contributed by atoms with van der Waals surface area (Å²) in [6.45, 7) is 4.47. The number of sulfonamides is 1. The molecule has 0 aliphatic rings. The quantitative estimate of drug-likeness (QED) is 0.499. The zero-order chi connectivity index (χ0) is 19.3. The largest absolute Gasteiger partial charge is 0.261 e. The average Bonchev–Trinajstić information content (AvgIpc) is 2.69. The molecule has 0 fully saturated rings. The van der Waals surface area contributed by atoms with Crippen molar-refractivity contribution in [2.75, 3.05) is 18.5 Å². The number of hydrogen-bond donors (Lipinski definition) is 1. The van der Waals surface area contributed by atoms with E-state index in [2.05, 4.69) is 27.6 Å². The normalized spacial score (nSPS) is 12.1. The van der Waals surface area contributed by atoms with Crippen molar-refractivity contribution in [3.05, 3.63) is 66.4 Å². The van der Waals surface area contributed by atoms with E-state index in [9.17, 15) is 8.42 Å². The minimum absolute atomic E-state index is 0.176. The molecule has 1 aromatic heterocycles. The van der Waals surface area contributed by atoms with Crippen molar-refractivity contribution in [1.29, 1.82) is 0 Å². The molecular formula is C20H22N4O2S. The predicted molar refractivity (Wildman–Crippen MR) is 110 cm³/mol. The van der Waals surface area contributed by atoms with Gasteiger partial charge in [0.25, 0.3) is 0 Å². The Labute approximate surface area is 159 Å². The van der Waals surface area contributed by atoms with Crippen molar-refractivity contribution in [3.8, 4) is 0 Å². The number of benzene rings is 2. The minimum Gasteiger partial charge on any atom is -0.261 e. The Hall–Kier alpha value is -2.77. The highest BCUT2D eigenvalue weighted by atomic mass is 32.2. The lowest BCUT2D eigenvalue weighted by molar-refractivity contribution is 0.445. The topological polar surface area (TPSA) is 74.7 Å². The number of fused-ring (bicyclic) bond motifs is 1. The first-order valence-corrected chi connectivity index (χ1v) is 10.2. The third-order valence-electron chi connectivity index (χ3n) is 4.25. The molecule has 0 radical (unpaired) electrons. The van der Waals surface area contributed by atoms with E-state index in [1.807, 2.05) is 44.2 Å². The van der Waals surface area contributed by atoms with Gasteiger partial charge >= 0.3 is 0 Å². The Balaban J connectivity index is 1.70. The highest BCUT2D eigenvalue weighted by molar-refractivity contribution is 7.89. The van der Waals surface area contributed by atoms with Crippen LogP contribution in [0, 0.1) is 0 Å². The van der Waals surface area contributed by atoms with Gasteiger partial charge in [-0.3, -0.25) is 5.43 Å². The van der Waals surface area contributed by atoms with Crippen molar-refractivity contribution < 1.29 is 8.42 Å². The summed E-state index contributed by atoms with van der Waals surface area (Å²) >= 11 is 0. The monoisotopic (exact) mass is 382 g/mol. The Bertz CT molecular complexity index is 1040. The number of nitrogens with one attached hydrogen (secondary N) is 1. The molecule has 0 bridgehead atoms. The molecule has 0 spiro atoms. The number of pyridine rings is 1. The molecule has 27 heavy (non-hydrogen) atoms. The molecule has 3 aromatic rings. The Morgan fingerprint density at radius 2 is 1.78 bits per heavy atom. The third-order valence-corrected chi connectivity index (χ3v) is 6.28.